The fourth-order valence-corrected chi connectivity index (χ4v) is 5.07. The summed E-state index contributed by atoms with van der Waals surface area (Å²) in [5.41, 5.74) is 6.62. The fraction of sp³-hybridized carbons (Fsp3) is 0.200. The van der Waals surface area contributed by atoms with Crippen molar-refractivity contribution in [2.24, 2.45) is 0 Å². The summed E-state index contributed by atoms with van der Waals surface area (Å²) in [6.45, 7) is 0.338. The second-order valence-corrected chi connectivity index (χ2v) is 10.6. The molecule has 1 aliphatic heterocycles. The van der Waals surface area contributed by atoms with E-state index in [0.717, 1.165) is 34.4 Å². The number of nitrogen functional groups attached to an aromatic ring is 1. The first kappa shape index (κ1) is 25.4. The number of anilines is 2. The molecule has 196 valence electrons. The maximum atomic E-state index is 13.6. The van der Waals surface area contributed by atoms with Gasteiger partial charge in [0.1, 0.15) is 17.3 Å². The number of halogens is 3. The van der Waals surface area contributed by atoms with E-state index in [0.29, 0.717) is 41.7 Å². The third kappa shape index (κ3) is 4.72. The highest BCUT2D eigenvalue weighted by Gasteiger charge is 2.33. The Morgan fingerprint density at radius 3 is 2.63 bits per heavy atom. The number of pyridine rings is 3. The number of ether oxygens (including phenoxy) is 1. The molecule has 1 aromatic carbocycles. The van der Waals surface area contributed by atoms with E-state index in [9.17, 15) is 26.4 Å². The summed E-state index contributed by atoms with van der Waals surface area (Å²) in [5, 5.41) is 0.376. The van der Waals surface area contributed by atoms with Crippen molar-refractivity contribution in [3.05, 3.63) is 77.2 Å². The largest absolute Gasteiger partial charge is 0.492 e. The molecule has 1 aliphatic rings. The maximum absolute atomic E-state index is 13.6. The molecule has 3 aromatic heterocycles. The molecule has 38 heavy (non-hydrogen) atoms. The van der Waals surface area contributed by atoms with Crippen molar-refractivity contribution in [1.29, 1.82) is 0 Å². The van der Waals surface area contributed by atoms with Crippen LogP contribution in [-0.4, -0.2) is 42.1 Å². The first-order valence-electron chi connectivity index (χ1n) is 11.3. The molecule has 0 bridgehead atoms. The summed E-state index contributed by atoms with van der Waals surface area (Å²) >= 11 is 0. The van der Waals surface area contributed by atoms with E-state index < -0.39 is 27.6 Å². The molecule has 1 amide bonds. The van der Waals surface area contributed by atoms with Gasteiger partial charge < -0.3 is 15.4 Å². The van der Waals surface area contributed by atoms with Crippen LogP contribution in [-0.2, 0) is 29.0 Å². The van der Waals surface area contributed by atoms with Gasteiger partial charge in [0, 0.05) is 36.0 Å². The van der Waals surface area contributed by atoms with Crippen molar-refractivity contribution < 1.29 is 31.1 Å². The van der Waals surface area contributed by atoms with Gasteiger partial charge in [0.25, 0.3) is 5.91 Å². The molecule has 0 spiro atoms. The zero-order chi connectivity index (χ0) is 27.2. The first-order chi connectivity index (χ1) is 17.9. The summed E-state index contributed by atoms with van der Waals surface area (Å²) in [5.74, 6) is 0.209. The van der Waals surface area contributed by atoms with Gasteiger partial charge in [-0.15, -0.1) is 0 Å². The number of benzene rings is 1. The van der Waals surface area contributed by atoms with Crippen LogP contribution in [0.2, 0.25) is 0 Å². The van der Waals surface area contributed by atoms with E-state index >= 15 is 0 Å². The average Bonchev–Trinajstić information content (AvgIpc) is 3.37. The van der Waals surface area contributed by atoms with Crippen molar-refractivity contribution in [1.82, 2.24) is 15.0 Å². The van der Waals surface area contributed by atoms with E-state index in [1.54, 1.807) is 18.2 Å². The Bertz CT molecular complexity index is 1680. The van der Waals surface area contributed by atoms with Crippen LogP contribution in [0.25, 0.3) is 10.9 Å². The predicted molar refractivity (Wildman–Crippen MR) is 132 cm³/mol. The Balaban J connectivity index is 1.60. The number of nitrogens with two attached hydrogens (primary N) is 1. The second-order valence-electron chi connectivity index (χ2n) is 8.68. The number of hydrogen-bond acceptors (Lipinski definition) is 8. The van der Waals surface area contributed by atoms with Crippen LogP contribution in [0.15, 0.2) is 59.9 Å². The van der Waals surface area contributed by atoms with Crippen molar-refractivity contribution >= 4 is 38.2 Å². The lowest BCUT2D eigenvalue weighted by Crippen LogP contribution is -2.32. The minimum atomic E-state index is -4.68. The smallest absolute Gasteiger partial charge is 0.433 e. The van der Waals surface area contributed by atoms with E-state index in [2.05, 4.69) is 15.0 Å². The lowest BCUT2D eigenvalue weighted by Gasteiger charge is -2.25. The van der Waals surface area contributed by atoms with Gasteiger partial charge in [-0.3, -0.25) is 9.78 Å². The molecular weight excluding hydrogens is 523 g/mol. The zero-order valence-corrected chi connectivity index (χ0v) is 20.7. The average molecular weight is 544 g/mol. The molecule has 0 fully saturated rings. The SMILES string of the molecule is CS(=O)(=O)c1ncccc1N(Cc1ccc2c3c(c(N)nc2c1)CCO3)C(=O)c1ccc(C(F)(F)F)nc1. The van der Waals surface area contributed by atoms with Crippen molar-refractivity contribution in [3.8, 4) is 5.75 Å². The van der Waals surface area contributed by atoms with E-state index in [4.69, 9.17) is 10.5 Å². The fourth-order valence-electron chi connectivity index (χ4n) is 4.26. The zero-order valence-electron chi connectivity index (χ0n) is 19.9. The molecule has 9 nitrogen and oxygen atoms in total. The highest BCUT2D eigenvalue weighted by atomic mass is 32.2. The van der Waals surface area contributed by atoms with Crippen LogP contribution in [0.4, 0.5) is 24.7 Å². The molecule has 0 aliphatic carbocycles. The highest BCUT2D eigenvalue weighted by Crippen LogP contribution is 2.37. The van der Waals surface area contributed by atoms with Crippen molar-refractivity contribution in [2.75, 3.05) is 23.5 Å². The Morgan fingerprint density at radius 1 is 1.16 bits per heavy atom. The molecule has 0 saturated carbocycles. The number of rotatable bonds is 5. The molecule has 4 aromatic rings. The van der Waals surface area contributed by atoms with Crippen molar-refractivity contribution in [3.63, 3.8) is 0 Å². The summed E-state index contributed by atoms with van der Waals surface area (Å²) in [6.07, 6.45) is -1.02. The molecule has 4 heterocycles. The molecule has 0 atom stereocenters. The number of carbonyl (C=O) groups excluding carboxylic acids is 1. The number of carbonyl (C=O) groups is 1. The molecule has 2 N–H and O–H groups in total. The molecule has 0 unspecified atom stereocenters. The van der Waals surface area contributed by atoms with Gasteiger partial charge >= 0.3 is 6.18 Å². The number of fused-ring (bicyclic) bond motifs is 3. The van der Waals surface area contributed by atoms with Gasteiger partial charge in [0.15, 0.2) is 14.9 Å². The Hall–Kier alpha value is -4.26. The Morgan fingerprint density at radius 2 is 1.95 bits per heavy atom. The Labute approximate surface area is 215 Å². The predicted octanol–water partition coefficient (Wildman–Crippen LogP) is 3.81. The maximum Gasteiger partial charge on any atom is 0.433 e. The summed E-state index contributed by atoms with van der Waals surface area (Å²) < 4.78 is 69.7. The van der Waals surface area contributed by atoms with Crippen LogP contribution >= 0.6 is 0 Å². The van der Waals surface area contributed by atoms with Crippen LogP contribution in [0, 0.1) is 0 Å². The number of nitrogens with zero attached hydrogens (tertiary/aromatic N) is 4. The second kappa shape index (κ2) is 9.24. The van der Waals surface area contributed by atoms with Crippen LogP contribution < -0.4 is 15.4 Å². The number of alkyl halides is 3. The molecule has 0 radical (unpaired) electrons. The third-order valence-corrected chi connectivity index (χ3v) is 7.03. The third-order valence-electron chi connectivity index (χ3n) is 6.01. The standard InChI is InChI=1S/C25H20F3N5O4S/c1-38(35,36)23-19(3-2-9-30-23)33(24(34)15-5-7-20(31-12-15)25(26,27)28)13-14-4-6-16-18(11-14)32-22(29)17-8-10-37-21(16)17/h2-7,9,11-12H,8,10,13H2,1H3,(H2,29,32). The summed E-state index contributed by atoms with van der Waals surface area (Å²) in [7, 11) is -3.87. The van der Waals surface area contributed by atoms with E-state index in [1.165, 1.54) is 18.3 Å². The summed E-state index contributed by atoms with van der Waals surface area (Å²) in [6, 6.07) is 9.72. The molecule has 5 rings (SSSR count). The minimum Gasteiger partial charge on any atom is -0.492 e. The van der Waals surface area contributed by atoms with Crippen LogP contribution in [0.5, 0.6) is 5.75 Å². The molecular formula is C25H20F3N5O4S. The van der Waals surface area contributed by atoms with Gasteiger partial charge in [-0.1, -0.05) is 6.07 Å². The lowest BCUT2D eigenvalue weighted by atomic mass is 10.1. The topological polar surface area (TPSA) is 128 Å². The van der Waals surface area contributed by atoms with Gasteiger partial charge in [-0.2, -0.15) is 13.2 Å². The quantitative estimate of drug-likeness (QED) is 0.403. The van der Waals surface area contributed by atoms with Crippen molar-refractivity contribution in [2.45, 2.75) is 24.2 Å². The van der Waals surface area contributed by atoms with E-state index in [1.807, 2.05) is 0 Å². The highest BCUT2D eigenvalue weighted by molar-refractivity contribution is 7.90. The van der Waals surface area contributed by atoms with Gasteiger partial charge in [-0.25, -0.2) is 18.4 Å². The molecule has 0 saturated heterocycles. The number of sulfone groups is 1. The van der Waals surface area contributed by atoms with Gasteiger partial charge in [-0.05, 0) is 42.0 Å². The normalized spacial score (nSPS) is 13.3. The first-order valence-corrected chi connectivity index (χ1v) is 13.2. The van der Waals surface area contributed by atoms with Crippen LogP contribution in [0.1, 0.15) is 27.2 Å². The number of hydrogen-bond donors (Lipinski definition) is 1. The summed E-state index contributed by atoms with van der Waals surface area (Å²) in [4.78, 5) is 26.5. The monoisotopic (exact) mass is 543 g/mol. The molecule has 13 heteroatoms. The van der Waals surface area contributed by atoms with Gasteiger partial charge in [0.05, 0.1) is 29.9 Å². The van der Waals surface area contributed by atoms with E-state index in [-0.39, 0.29) is 22.8 Å². The number of aromatic nitrogens is 3. The van der Waals surface area contributed by atoms with Gasteiger partial charge in [0.2, 0.25) is 0 Å². The minimum absolute atomic E-state index is 0.0373. The lowest BCUT2D eigenvalue weighted by molar-refractivity contribution is -0.141. The number of amides is 1. The Kier molecular flexibility index (Phi) is 6.18. The van der Waals surface area contributed by atoms with Crippen LogP contribution in [0.3, 0.4) is 0 Å².